The number of fused-ring (bicyclic) bond motifs is 1. The van der Waals surface area contributed by atoms with E-state index in [0.717, 1.165) is 56.8 Å². The number of hydrogen-bond acceptors (Lipinski definition) is 5. The molecule has 3 heterocycles. The number of hydrazine groups is 1. The molecule has 3 aliphatic rings. The van der Waals surface area contributed by atoms with Crippen LogP contribution in [-0.4, -0.2) is 45.7 Å². The molecule has 3 aromatic rings. The Hall–Kier alpha value is -2.93. The monoisotopic (exact) mass is 483 g/mol. The molecule has 6 nitrogen and oxygen atoms in total. The first-order chi connectivity index (χ1) is 17.7. The van der Waals surface area contributed by atoms with Crippen molar-refractivity contribution < 1.29 is 5.11 Å². The van der Waals surface area contributed by atoms with Crippen LogP contribution in [0.5, 0.6) is 5.75 Å². The van der Waals surface area contributed by atoms with E-state index in [1.165, 1.54) is 28.7 Å². The summed E-state index contributed by atoms with van der Waals surface area (Å²) in [5, 5.41) is 9.91. The van der Waals surface area contributed by atoms with Crippen LogP contribution in [-0.2, 0) is 12.8 Å². The second kappa shape index (κ2) is 10.2. The van der Waals surface area contributed by atoms with E-state index in [1.54, 1.807) is 0 Å². The van der Waals surface area contributed by atoms with Gasteiger partial charge in [-0.05, 0) is 78.3 Å². The van der Waals surface area contributed by atoms with Crippen molar-refractivity contribution in [2.75, 3.05) is 19.6 Å². The largest absolute Gasteiger partial charge is 0.508 e. The summed E-state index contributed by atoms with van der Waals surface area (Å²) in [5.41, 5.74) is 13.7. The molecule has 2 fully saturated rings. The van der Waals surface area contributed by atoms with Crippen LogP contribution in [0.15, 0.2) is 60.8 Å². The predicted molar refractivity (Wildman–Crippen MR) is 144 cm³/mol. The fourth-order valence-corrected chi connectivity index (χ4v) is 6.48. The van der Waals surface area contributed by atoms with E-state index >= 15 is 0 Å². The van der Waals surface area contributed by atoms with Crippen molar-refractivity contribution in [3.05, 3.63) is 89.0 Å². The zero-order valence-electron chi connectivity index (χ0n) is 21.1. The number of rotatable bonds is 7. The standard InChI is InChI=1S/C30H37N5O/c1-2-21-16-24(36)9-11-25(21)22-8-10-26-27(17-22)33-34-29(26)30-31-18-28(32-30)23-13-15-35(19-23)14-12-20-6-4-3-5-7-20/h3-7,9,11,13,16,18,22,26-27,29,33-34,36H,2,8,10,12,14-15,17,19H2,1H3,(H,31,32). The zero-order valence-corrected chi connectivity index (χ0v) is 21.1. The van der Waals surface area contributed by atoms with Gasteiger partial charge in [-0.25, -0.2) is 10.4 Å². The van der Waals surface area contributed by atoms with E-state index in [4.69, 9.17) is 4.98 Å². The van der Waals surface area contributed by atoms with Crippen LogP contribution in [0.3, 0.4) is 0 Å². The molecule has 4 atom stereocenters. The Kier molecular flexibility index (Phi) is 6.65. The quantitative estimate of drug-likeness (QED) is 0.391. The lowest BCUT2D eigenvalue weighted by Gasteiger charge is -2.33. The number of imidazole rings is 1. The second-order valence-electron chi connectivity index (χ2n) is 10.7. The van der Waals surface area contributed by atoms with Crippen LogP contribution in [0, 0.1) is 5.92 Å². The van der Waals surface area contributed by atoms with E-state index < -0.39 is 0 Å². The maximum atomic E-state index is 9.91. The van der Waals surface area contributed by atoms with Crippen molar-refractivity contribution in [1.29, 1.82) is 0 Å². The van der Waals surface area contributed by atoms with Crippen molar-refractivity contribution in [3.63, 3.8) is 0 Å². The van der Waals surface area contributed by atoms with Gasteiger partial charge >= 0.3 is 0 Å². The van der Waals surface area contributed by atoms with Crippen LogP contribution in [0.1, 0.15) is 66.4 Å². The van der Waals surface area contributed by atoms with Crippen molar-refractivity contribution in [2.24, 2.45) is 5.92 Å². The Bertz CT molecular complexity index is 1220. The Balaban J connectivity index is 1.07. The van der Waals surface area contributed by atoms with E-state index in [2.05, 4.69) is 70.1 Å². The Labute approximate surface area is 213 Å². The molecule has 0 bridgehead atoms. The fraction of sp³-hybridized carbons (Fsp3) is 0.433. The average molecular weight is 484 g/mol. The van der Waals surface area contributed by atoms with E-state index in [9.17, 15) is 5.11 Å². The Morgan fingerprint density at radius 3 is 2.83 bits per heavy atom. The summed E-state index contributed by atoms with van der Waals surface area (Å²) in [5.74, 6) is 2.48. The van der Waals surface area contributed by atoms with Crippen LogP contribution in [0.2, 0.25) is 0 Å². The normalized spacial score (nSPS) is 26.2. The van der Waals surface area contributed by atoms with E-state index in [-0.39, 0.29) is 6.04 Å². The molecule has 1 saturated heterocycles. The SMILES string of the molecule is CCc1cc(O)ccc1C1CCC2C(C1)NNC2c1ncc(C2=CCN(CCc3ccccc3)C2)[nH]1. The van der Waals surface area contributed by atoms with Gasteiger partial charge in [0.15, 0.2) is 0 Å². The summed E-state index contributed by atoms with van der Waals surface area (Å²) >= 11 is 0. The molecule has 4 unspecified atom stereocenters. The fourth-order valence-electron chi connectivity index (χ4n) is 6.48. The minimum Gasteiger partial charge on any atom is -0.508 e. The van der Waals surface area contributed by atoms with Gasteiger partial charge in [-0.2, -0.15) is 0 Å². The molecule has 2 aromatic carbocycles. The number of aromatic amines is 1. The number of benzene rings is 2. The summed E-state index contributed by atoms with van der Waals surface area (Å²) < 4.78 is 0. The molecule has 1 aliphatic carbocycles. The van der Waals surface area contributed by atoms with Gasteiger partial charge in [-0.3, -0.25) is 10.3 Å². The predicted octanol–water partition coefficient (Wildman–Crippen LogP) is 4.72. The Morgan fingerprint density at radius 1 is 1.08 bits per heavy atom. The summed E-state index contributed by atoms with van der Waals surface area (Å²) in [4.78, 5) is 11.0. The molecule has 188 valence electrons. The molecule has 1 aromatic heterocycles. The van der Waals surface area contributed by atoms with Gasteiger partial charge < -0.3 is 10.1 Å². The molecule has 6 heteroatoms. The third kappa shape index (κ3) is 4.73. The van der Waals surface area contributed by atoms with Crippen LogP contribution in [0.4, 0.5) is 0 Å². The highest BCUT2D eigenvalue weighted by Crippen LogP contribution is 2.44. The molecule has 4 N–H and O–H groups in total. The number of nitrogens with zero attached hydrogens (tertiary/aromatic N) is 2. The van der Waals surface area contributed by atoms with Crippen LogP contribution < -0.4 is 10.9 Å². The molecule has 0 amide bonds. The van der Waals surface area contributed by atoms with Crippen LogP contribution >= 0.6 is 0 Å². The minimum absolute atomic E-state index is 0.214. The molecule has 0 spiro atoms. The highest BCUT2D eigenvalue weighted by atomic mass is 16.3. The molecule has 36 heavy (non-hydrogen) atoms. The number of aromatic hydroxyl groups is 1. The first-order valence-corrected chi connectivity index (χ1v) is 13.5. The Morgan fingerprint density at radius 2 is 1.97 bits per heavy atom. The molecule has 1 saturated carbocycles. The lowest BCUT2D eigenvalue weighted by molar-refractivity contribution is 0.276. The first-order valence-electron chi connectivity index (χ1n) is 13.5. The summed E-state index contributed by atoms with van der Waals surface area (Å²) in [6.07, 6.45) is 9.86. The van der Waals surface area contributed by atoms with Gasteiger partial charge in [-0.1, -0.05) is 49.4 Å². The summed E-state index contributed by atoms with van der Waals surface area (Å²) in [6, 6.07) is 17.3. The average Bonchev–Trinajstić information content (AvgIpc) is 3.67. The van der Waals surface area contributed by atoms with E-state index in [1.807, 2.05) is 18.3 Å². The zero-order chi connectivity index (χ0) is 24.5. The molecular weight excluding hydrogens is 446 g/mol. The number of phenols is 1. The second-order valence-corrected chi connectivity index (χ2v) is 10.7. The minimum atomic E-state index is 0.214. The van der Waals surface area contributed by atoms with Gasteiger partial charge in [0.2, 0.25) is 0 Å². The van der Waals surface area contributed by atoms with Gasteiger partial charge in [0, 0.05) is 25.7 Å². The molecule has 0 radical (unpaired) electrons. The first kappa shape index (κ1) is 23.5. The molecule has 6 rings (SSSR count). The number of H-pyrrole nitrogens is 1. The maximum Gasteiger partial charge on any atom is 0.125 e. The number of phenolic OH excluding ortho intramolecular Hbond substituents is 1. The molecular formula is C30H37N5O. The lowest BCUT2D eigenvalue weighted by atomic mass is 9.73. The van der Waals surface area contributed by atoms with Crippen molar-refractivity contribution in [3.8, 4) is 5.75 Å². The maximum absolute atomic E-state index is 9.91. The van der Waals surface area contributed by atoms with Gasteiger partial charge in [-0.15, -0.1) is 0 Å². The number of nitrogens with one attached hydrogen (secondary N) is 3. The van der Waals surface area contributed by atoms with E-state index in [0.29, 0.717) is 23.6 Å². The third-order valence-corrected chi connectivity index (χ3v) is 8.49. The van der Waals surface area contributed by atoms with Gasteiger partial charge in [0.25, 0.3) is 0 Å². The lowest BCUT2D eigenvalue weighted by Crippen LogP contribution is -2.35. The smallest absolute Gasteiger partial charge is 0.125 e. The van der Waals surface area contributed by atoms with Crippen molar-refractivity contribution in [2.45, 2.75) is 57.0 Å². The van der Waals surface area contributed by atoms with Crippen molar-refractivity contribution >= 4 is 5.57 Å². The number of aromatic nitrogens is 2. The third-order valence-electron chi connectivity index (χ3n) is 8.49. The number of hydrogen-bond donors (Lipinski definition) is 4. The number of aryl methyl sites for hydroxylation is 1. The summed E-state index contributed by atoms with van der Waals surface area (Å²) in [7, 11) is 0. The molecule has 2 aliphatic heterocycles. The summed E-state index contributed by atoms with van der Waals surface area (Å²) in [6.45, 7) is 5.23. The van der Waals surface area contributed by atoms with Gasteiger partial charge in [0.1, 0.15) is 11.6 Å². The topological polar surface area (TPSA) is 76.2 Å². The van der Waals surface area contributed by atoms with Gasteiger partial charge in [0.05, 0.1) is 17.9 Å². The van der Waals surface area contributed by atoms with Crippen LogP contribution in [0.25, 0.3) is 5.57 Å². The highest BCUT2D eigenvalue weighted by molar-refractivity contribution is 5.66. The van der Waals surface area contributed by atoms with Crippen molar-refractivity contribution in [1.82, 2.24) is 25.7 Å². The highest BCUT2D eigenvalue weighted by Gasteiger charge is 2.42.